The van der Waals surface area contributed by atoms with Crippen molar-refractivity contribution in [1.82, 2.24) is 0 Å². The molecule has 3 heteroatoms. The minimum atomic E-state index is -1.09. The van der Waals surface area contributed by atoms with Crippen molar-refractivity contribution < 1.29 is 8.95 Å². The van der Waals surface area contributed by atoms with Gasteiger partial charge in [-0.3, -0.25) is 4.21 Å². The fourth-order valence-corrected chi connectivity index (χ4v) is 4.42. The maximum atomic E-state index is 12.9. The Labute approximate surface area is 119 Å². The minimum Gasteiger partial charge on any atom is -0.348 e. The van der Waals surface area contributed by atoms with Gasteiger partial charge in [0.1, 0.15) is 5.60 Å². The molecule has 1 aromatic carbocycles. The molecule has 19 heavy (non-hydrogen) atoms. The van der Waals surface area contributed by atoms with Crippen LogP contribution in [0.3, 0.4) is 0 Å². The van der Waals surface area contributed by atoms with E-state index in [1.807, 2.05) is 30.3 Å². The summed E-state index contributed by atoms with van der Waals surface area (Å²) in [6.45, 7) is 8.60. The number of epoxide rings is 1. The zero-order valence-electron chi connectivity index (χ0n) is 12.3. The van der Waals surface area contributed by atoms with Gasteiger partial charge < -0.3 is 4.74 Å². The molecule has 0 spiro atoms. The molecule has 0 amide bonds. The van der Waals surface area contributed by atoms with Crippen LogP contribution in [0.1, 0.15) is 47.0 Å². The van der Waals surface area contributed by atoms with Crippen LogP contribution in [-0.2, 0) is 15.5 Å². The summed E-state index contributed by atoms with van der Waals surface area (Å²) >= 11 is 0. The molecule has 1 heterocycles. The Morgan fingerprint density at radius 2 is 1.89 bits per heavy atom. The predicted molar refractivity (Wildman–Crippen MR) is 79.4 cm³/mol. The van der Waals surface area contributed by atoms with E-state index >= 15 is 0 Å². The largest absolute Gasteiger partial charge is 0.348 e. The lowest BCUT2D eigenvalue weighted by Crippen LogP contribution is -2.28. The molecule has 106 valence electrons. The number of rotatable bonds is 6. The van der Waals surface area contributed by atoms with Crippen molar-refractivity contribution in [3.05, 3.63) is 30.3 Å². The Bertz CT molecular complexity index is 457. The fourth-order valence-electron chi connectivity index (χ4n) is 2.54. The van der Waals surface area contributed by atoms with E-state index in [1.165, 1.54) is 0 Å². The Balaban J connectivity index is 2.23. The molecule has 3 atom stereocenters. The van der Waals surface area contributed by atoms with Crippen molar-refractivity contribution in [2.45, 2.75) is 62.4 Å². The van der Waals surface area contributed by atoms with Crippen LogP contribution < -0.4 is 0 Å². The highest BCUT2D eigenvalue weighted by Gasteiger charge is 2.69. The van der Waals surface area contributed by atoms with Crippen LogP contribution >= 0.6 is 0 Å². The van der Waals surface area contributed by atoms with E-state index in [4.69, 9.17) is 4.74 Å². The Kier molecular flexibility index (Phi) is 4.17. The van der Waals surface area contributed by atoms with Crippen LogP contribution in [0.15, 0.2) is 35.2 Å². The molecular weight excluding hydrogens is 256 g/mol. The zero-order valence-corrected chi connectivity index (χ0v) is 13.1. The van der Waals surface area contributed by atoms with E-state index < -0.39 is 15.7 Å². The van der Waals surface area contributed by atoms with Crippen LogP contribution in [0.2, 0.25) is 0 Å². The molecule has 1 fully saturated rings. The lowest BCUT2D eigenvalue weighted by molar-refractivity contribution is 0.286. The first kappa shape index (κ1) is 14.7. The maximum Gasteiger partial charge on any atom is 0.176 e. The van der Waals surface area contributed by atoms with E-state index in [0.717, 1.165) is 24.2 Å². The van der Waals surface area contributed by atoms with Crippen LogP contribution in [-0.4, -0.2) is 14.7 Å². The van der Waals surface area contributed by atoms with Gasteiger partial charge >= 0.3 is 0 Å². The molecule has 3 unspecified atom stereocenters. The van der Waals surface area contributed by atoms with Gasteiger partial charge in [-0.2, -0.15) is 0 Å². The molecule has 1 aromatic rings. The Hall–Kier alpha value is -0.670. The highest BCUT2D eigenvalue weighted by atomic mass is 32.2. The summed E-state index contributed by atoms with van der Waals surface area (Å²) in [4.78, 5) is 0.399. The van der Waals surface area contributed by atoms with Gasteiger partial charge in [-0.15, -0.1) is 0 Å². The summed E-state index contributed by atoms with van der Waals surface area (Å²) in [5, 5.41) is 0. The first-order valence-electron chi connectivity index (χ1n) is 7.12. The molecular formula is C16H24O2S. The highest BCUT2D eigenvalue weighted by Crippen LogP contribution is 2.57. The van der Waals surface area contributed by atoms with Crippen molar-refractivity contribution in [3.8, 4) is 0 Å². The summed E-state index contributed by atoms with van der Waals surface area (Å²) in [5.41, 5.74) is -0.234. The molecule has 1 aliphatic heterocycles. The fraction of sp³-hybridized carbons (Fsp3) is 0.625. The summed E-state index contributed by atoms with van der Waals surface area (Å²) < 4.78 is 18.9. The van der Waals surface area contributed by atoms with Crippen LogP contribution in [0.25, 0.3) is 0 Å². The van der Waals surface area contributed by atoms with Gasteiger partial charge in [0.25, 0.3) is 0 Å². The van der Waals surface area contributed by atoms with E-state index in [0.29, 0.717) is 5.92 Å². The summed E-state index contributed by atoms with van der Waals surface area (Å²) in [6, 6.07) is 9.70. The van der Waals surface area contributed by atoms with Gasteiger partial charge in [-0.05, 0) is 44.2 Å². The highest BCUT2D eigenvalue weighted by molar-refractivity contribution is 7.86. The molecule has 1 aliphatic rings. The summed E-state index contributed by atoms with van der Waals surface area (Å²) in [5.74, 6) is 0.606. The van der Waals surface area contributed by atoms with Gasteiger partial charge in [0.15, 0.2) is 4.93 Å². The van der Waals surface area contributed by atoms with E-state index in [2.05, 4.69) is 27.7 Å². The monoisotopic (exact) mass is 280 g/mol. The lowest BCUT2D eigenvalue weighted by Gasteiger charge is -2.17. The van der Waals surface area contributed by atoms with Gasteiger partial charge in [-0.25, -0.2) is 0 Å². The Morgan fingerprint density at radius 1 is 1.26 bits per heavy atom. The van der Waals surface area contributed by atoms with Gasteiger partial charge in [0.2, 0.25) is 0 Å². The second-order valence-electron chi connectivity index (χ2n) is 5.95. The van der Waals surface area contributed by atoms with Crippen molar-refractivity contribution in [3.63, 3.8) is 0 Å². The third-order valence-electron chi connectivity index (χ3n) is 4.14. The SMILES string of the molecule is CCC1(C)OC1(CCC(C)C)S(=O)c1ccccc1. The summed E-state index contributed by atoms with van der Waals surface area (Å²) in [6.07, 6.45) is 2.83. The van der Waals surface area contributed by atoms with E-state index in [1.54, 1.807) is 0 Å². The molecule has 0 aromatic heterocycles. The minimum absolute atomic E-state index is 0.234. The average Bonchev–Trinajstić information content (AvgIpc) is 3.04. The average molecular weight is 280 g/mol. The van der Waals surface area contributed by atoms with Gasteiger partial charge in [-0.1, -0.05) is 39.0 Å². The second-order valence-corrected chi connectivity index (χ2v) is 7.62. The summed E-state index contributed by atoms with van der Waals surface area (Å²) in [7, 11) is -1.09. The van der Waals surface area contributed by atoms with Crippen molar-refractivity contribution in [2.75, 3.05) is 0 Å². The van der Waals surface area contributed by atoms with Crippen LogP contribution in [0, 0.1) is 5.92 Å². The van der Waals surface area contributed by atoms with E-state index in [9.17, 15) is 4.21 Å². The number of benzene rings is 1. The number of ether oxygens (including phenoxy) is 1. The normalized spacial score (nSPS) is 31.4. The van der Waals surface area contributed by atoms with Crippen molar-refractivity contribution in [2.24, 2.45) is 5.92 Å². The van der Waals surface area contributed by atoms with Crippen molar-refractivity contribution >= 4 is 10.8 Å². The van der Waals surface area contributed by atoms with Crippen molar-refractivity contribution in [1.29, 1.82) is 0 Å². The number of hydrogen-bond donors (Lipinski definition) is 0. The molecule has 0 N–H and O–H groups in total. The zero-order chi connectivity index (χ0) is 14.1. The lowest BCUT2D eigenvalue weighted by atomic mass is 9.97. The molecule has 0 bridgehead atoms. The molecule has 0 saturated carbocycles. The quantitative estimate of drug-likeness (QED) is 0.733. The molecule has 1 saturated heterocycles. The van der Waals surface area contributed by atoms with Crippen LogP contribution in [0.4, 0.5) is 0 Å². The molecule has 2 rings (SSSR count). The first-order valence-corrected chi connectivity index (χ1v) is 8.27. The topological polar surface area (TPSA) is 29.6 Å². The molecule has 0 aliphatic carbocycles. The molecule has 0 radical (unpaired) electrons. The predicted octanol–water partition coefficient (Wildman–Crippen LogP) is 4.13. The first-order chi connectivity index (χ1) is 8.95. The Morgan fingerprint density at radius 3 is 2.37 bits per heavy atom. The van der Waals surface area contributed by atoms with Gasteiger partial charge in [0, 0.05) is 4.90 Å². The third kappa shape index (κ3) is 2.63. The molecule has 2 nitrogen and oxygen atoms in total. The third-order valence-corrected chi connectivity index (χ3v) is 6.15. The van der Waals surface area contributed by atoms with Crippen LogP contribution in [0.5, 0.6) is 0 Å². The number of hydrogen-bond acceptors (Lipinski definition) is 2. The standard InChI is InChI=1S/C16H24O2S/c1-5-15(4)16(18-15,12-11-13(2)3)19(17)14-9-7-6-8-10-14/h6-10,13H,5,11-12H2,1-4H3. The smallest absolute Gasteiger partial charge is 0.176 e. The second kappa shape index (κ2) is 5.37. The van der Waals surface area contributed by atoms with E-state index in [-0.39, 0.29) is 5.60 Å². The van der Waals surface area contributed by atoms with Gasteiger partial charge in [0.05, 0.1) is 10.8 Å². The maximum absolute atomic E-state index is 12.9.